The number of aryl methyl sites for hydroxylation is 1. The lowest BCUT2D eigenvalue weighted by Gasteiger charge is -2.19. The molecule has 0 N–H and O–H groups in total. The van der Waals surface area contributed by atoms with Crippen LogP contribution in [0.15, 0.2) is 54.6 Å². The Morgan fingerprint density at radius 3 is 2.52 bits per heavy atom. The van der Waals surface area contributed by atoms with Gasteiger partial charge in [0, 0.05) is 10.4 Å². The normalized spacial score (nSPS) is 11.8. The number of thiophene rings is 1. The highest BCUT2D eigenvalue weighted by Gasteiger charge is 2.18. The van der Waals surface area contributed by atoms with E-state index in [1.165, 1.54) is 16.9 Å². The van der Waals surface area contributed by atoms with E-state index in [2.05, 4.69) is 38.0 Å². The van der Waals surface area contributed by atoms with Crippen LogP contribution in [0, 0.1) is 6.92 Å². The van der Waals surface area contributed by atoms with E-state index in [1.54, 1.807) is 0 Å². The number of halogens is 1. The van der Waals surface area contributed by atoms with Crippen molar-refractivity contribution in [1.82, 2.24) is 9.78 Å². The van der Waals surface area contributed by atoms with Gasteiger partial charge in [-0.3, -0.25) is 4.68 Å². The summed E-state index contributed by atoms with van der Waals surface area (Å²) in [6.07, 6.45) is 0. The monoisotopic (exact) mass is 452 g/mol. The van der Waals surface area contributed by atoms with E-state index >= 15 is 0 Å². The topological polar surface area (TPSA) is 44.1 Å². The van der Waals surface area contributed by atoms with Crippen LogP contribution in [0.2, 0.25) is 5.02 Å². The molecule has 0 saturated carbocycles. The molecule has 4 rings (SSSR count). The first-order chi connectivity index (χ1) is 14.7. The van der Waals surface area contributed by atoms with Crippen molar-refractivity contribution in [3.8, 4) is 0 Å². The molecular formula is C25H25ClN2O2S. The van der Waals surface area contributed by atoms with Crippen molar-refractivity contribution in [1.29, 1.82) is 0 Å². The van der Waals surface area contributed by atoms with Gasteiger partial charge in [0.05, 0.1) is 12.2 Å². The number of benzene rings is 2. The third-order valence-electron chi connectivity index (χ3n) is 5.28. The molecule has 31 heavy (non-hydrogen) atoms. The number of rotatable bonds is 5. The van der Waals surface area contributed by atoms with Crippen molar-refractivity contribution in [2.45, 2.75) is 46.3 Å². The van der Waals surface area contributed by atoms with E-state index in [4.69, 9.17) is 16.3 Å². The summed E-state index contributed by atoms with van der Waals surface area (Å²) in [7, 11) is 0. The van der Waals surface area contributed by atoms with Crippen molar-refractivity contribution < 1.29 is 9.53 Å². The zero-order valence-corrected chi connectivity index (χ0v) is 19.7. The van der Waals surface area contributed by atoms with E-state index in [1.807, 2.05) is 54.1 Å². The standard InChI is InChI=1S/C25H25ClN2O2S/c1-16-20-13-22(24(29)30-15-17-9-11-19(12-10-17)25(2,3)4)31-23(20)28(27-16)14-18-7-5-6-8-21(18)26/h5-13H,14-15H2,1-4H3. The van der Waals surface area contributed by atoms with Crippen molar-refractivity contribution in [3.63, 3.8) is 0 Å². The van der Waals surface area contributed by atoms with Gasteiger partial charge < -0.3 is 4.74 Å². The maximum atomic E-state index is 12.7. The molecule has 2 aromatic heterocycles. The number of ether oxygens (including phenoxy) is 1. The predicted octanol–water partition coefficient (Wildman–Crippen LogP) is 6.76. The van der Waals surface area contributed by atoms with Gasteiger partial charge >= 0.3 is 5.97 Å². The lowest BCUT2D eigenvalue weighted by Crippen LogP contribution is -2.11. The molecule has 0 spiro atoms. The number of aromatic nitrogens is 2. The molecule has 0 aliphatic rings. The number of hydrogen-bond donors (Lipinski definition) is 0. The van der Waals surface area contributed by atoms with Crippen molar-refractivity contribution in [2.75, 3.05) is 0 Å². The Kier molecular flexibility index (Phi) is 5.91. The quantitative estimate of drug-likeness (QED) is 0.314. The smallest absolute Gasteiger partial charge is 0.348 e. The van der Waals surface area contributed by atoms with Crippen molar-refractivity contribution in [3.05, 3.63) is 86.9 Å². The molecule has 4 nitrogen and oxygen atoms in total. The zero-order chi connectivity index (χ0) is 22.2. The Morgan fingerprint density at radius 1 is 1.13 bits per heavy atom. The lowest BCUT2D eigenvalue weighted by atomic mass is 9.87. The first-order valence-corrected chi connectivity index (χ1v) is 11.4. The average molecular weight is 453 g/mol. The Hall–Kier alpha value is -2.63. The summed E-state index contributed by atoms with van der Waals surface area (Å²) in [5.41, 5.74) is 4.20. The van der Waals surface area contributed by atoms with E-state index < -0.39 is 0 Å². The summed E-state index contributed by atoms with van der Waals surface area (Å²) in [5.74, 6) is -0.315. The molecule has 2 heterocycles. The fraction of sp³-hybridized carbons (Fsp3) is 0.280. The zero-order valence-electron chi connectivity index (χ0n) is 18.1. The largest absolute Gasteiger partial charge is 0.457 e. The average Bonchev–Trinajstić information content (AvgIpc) is 3.29. The molecule has 0 saturated heterocycles. The minimum absolute atomic E-state index is 0.0992. The number of esters is 1. The Morgan fingerprint density at radius 2 is 1.84 bits per heavy atom. The highest BCUT2D eigenvalue weighted by molar-refractivity contribution is 7.20. The van der Waals surface area contributed by atoms with Crippen molar-refractivity contribution >= 4 is 39.1 Å². The maximum Gasteiger partial charge on any atom is 0.348 e. The van der Waals surface area contributed by atoms with E-state index in [9.17, 15) is 4.79 Å². The summed E-state index contributed by atoms with van der Waals surface area (Å²) in [6.45, 7) is 9.29. The van der Waals surface area contributed by atoms with Crippen LogP contribution in [-0.4, -0.2) is 15.7 Å². The summed E-state index contributed by atoms with van der Waals surface area (Å²) < 4.78 is 7.48. The molecule has 4 aromatic rings. The van der Waals surface area contributed by atoms with Crippen molar-refractivity contribution in [2.24, 2.45) is 0 Å². The van der Waals surface area contributed by atoms with Gasteiger partial charge in [-0.25, -0.2) is 4.79 Å². The van der Waals surface area contributed by atoms with Crippen LogP contribution in [0.4, 0.5) is 0 Å². The molecule has 0 aliphatic carbocycles. The summed E-state index contributed by atoms with van der Waals surface area (Å²) in [4.78, 5) is 14.2. The number of carbonyl (C=O) groups excluding carboxylic acids is 1. The first-order valence-electron chi connectivity index (χ1n) is 10.2. The van der Waals surface area contributed by atoms with E-state index in [0.29, 0.717) is 16.4 Å². The van der Waals surface area contributed by atoms with Gasteiger partial charge in [-0.2, -0.15) is 5.10 Å². The van der Waals surface area contributed by atoms with Gasteiger partial charge in [-0.1, -0.05) is 74.8 Å². The minimum Gasteiger partial charge on any atom is -0.457 e. The van der Waals surface area contributed by atoms with Gasteiger partial charge in [-0.15, -0.1) is 11.3 Å². The van der Waals surface area contributed by atoms with Gasteiger partial charge in [0.2, 0.25) is 0 Å². The Balaban J connectivity index is 1.49. The second kappa shape index (κ2) is 8.48. The first kappa shape index (κ1) is 21.6. The van der Waals surface area contributed by atoms with Crippen LogP contribution in [0.3, 0.4) is 0 Å². The second-order valence-corrected chi connectivity index (χ2v) is 10.1. The summed E-state index contributed by atoms with van der Waals surface area (Å²) in [6, 6.07) is 17.8. The number of carbonyl (C=O) groups is 1. The van der Waals surface area contributed by atoms with Crippen LogP contribution in [0.5, 0.6) is 0 Å². The number of nitrogens with zero attached hydrogens (tertiary/aromatic N) is 2. The lowest BCUT2D eigenvalue weighted by molar-refractivity contribution is 0.0478. The third kappa shape index (κ3) is 4.68. The van der Waals surface area contributed by atoms with Gasteiger partial charge in [-0.05, 0) is 41.2 Å². The molecule has 0 bridgehead atoms. The van der Waals surface area contributed by atoms with Crippen LogP contribution in [0.25, 0.3) is 10.2 Å². The van der Waals surface area contributed by atoms with Crippen LogP contribution in [0.1, 0.15) is 52.8 Å². The van der Waals surface area contributed by atoms with Gasteiger partial charge in [0.25, 0.3) is 0 Å². The van der Waals surface area contributed by atoms with E-state index in [0.717, 1.165) is 27.0 Å². The van der Waals surface area contributed by atoms with Crippen LogP contribution in [-0.2, 0) is 23.3 Å². The van der Waals surface area contributed by atoms with Crippen LogP contribution < -0.4 is 0 Å². The van der Waals surface area contributed by atoms with Gasteiger partial charge in [0.1, 0.15) is 16.3 Å². The molecule has 2 aromatic carbocycles. The molecule has 160 valence electrons. The summed E-state index contributed by atoms with van der Waals surface area (Å²) in [5, 5.41) is 6.30. The fourth-order valence-electron chi connectivity index (χ4n) is 3.43. The highest BCUT2D eigenvalue weighted by atomic mass is 35.5. The molecule has 0 radical (unpaired) electrons. The Bertz CT molecular complexity index is 1230. The SMILES string of the molecule is Cc1nn(Cc2ccccc2Cl)c2sc(C(=O)OCc3ccc(C(C)(C)C)cc3)cc12. The van der Waals surface area contributed by atoms with E-state index in [-0.39, 0.29) is 18.0 Å². The summed E-state index contributed by atoms with van der Waals surface area (Å²) >= 11 is 7.71. The highest BCUT2D eigenvalue weighted by Crippen LogP contribution is 2.30. The maximum absolute atomic E-state index is 12.7. The Labute approximate surface area is 191 Å². The van der Waals surface area contributed by atoms with Gasteiger partial charge in [0.15, 0.2) is 0 Å². The molecular weight excluding hydrogens is 428 g/mol. The third-order valence-corrected chi connectivity index (χ3v) is 6.77. The number of fused-ring (bicyclic) bond motifs is 1. The predicted molar refractivity (Wildman–Crippen MR) is 127 cm³/mol. The number of hydrogen-bond acceptors (Lipinski definition) is 4. The second-order valence-electron chi connectivity index (χ2n) is 8.69. The minimum atomic E-state index is -0.315. The molecule has 0 atom stereocenters. The molecule has 0 aliphatic heterocycles. The molecule has 0 amide bonds. The van der Waals surface area contributed by atoms with Crippen LogP contribution >= 0.6 is 22.9 Å². The molecule has 0 unspecified atom stereocenters. The molecule has 0 fully saturated rings. The fourth-order valence-corrected chi connectivity index (χ4v) is 4.68. The molecule has 6 heteroatoms.